The molecule has 0 aromatic heterocycles. The van der Waals surface area contributed by atoms with Gasteiger partial charge in [0.1, 0.15) is 17.5 Å². The summed E-state index contributed by atoms with van der Waals surface area (Å²) < 4.78 is 21.5. The van der Waals surface area contributed by atoms with Gasteiger partial charge < -0.3 is 29.2 Å². The van der Waals surface area contributed by atoms with E-state index in [0.717, 1.165) is 30.5 Å². The summed E-state index contributed by atoms with van der Waals surface area (Å²) in [6, 6.07) is 10.3. The maximum atomic E-state index is 13.6. The van der Waals surface area contributed by atoms with Crippen LogP contribution in [0, 0.1) is 0 Å². The number of carbonyl (C=O) groups excluding carboxylic acids is 2. The van der Waals surface area contributed by atoms with Crippen LogP contribution in [0.3, 0.4) is 0 Å². The summed E-state index contributed by atoms with van der Waals surface area (Å²) in [7, 11) is 6.36. The van der Waals surface area contributed by atoms with Crippen molar-refractivity contribution < 1.29 is 28.5 Å². The average molecular weight is 484 g/mol. The van der Waals surface area contributed by atoms with Gasteiger partial charge in [0.2, 0.25) is 5.91 Å². The lowest BCUT2D eigenvalue weighted by Crippen LogP contribution is -2.69. The Hall–Kier alpha value is -3.46. The zero-order chi connectivity index (χ0) is 24.9. The van der Waals surface area contributed by atoms with Crippen molar-refractivity contribution in [2.75, 3.05) is 41.5 Å². The number of carbonyl (C=O) groups is 2. The van der Waals surface area contributed by atoms with Crippen LogP contribution in [0.1, 0.15) is 24.0 Å². The second-order valence-electron chi connectivity index (χ2n) is 8.70. The highest BCUT2D eigenvalue weighted by Gasteiger charge is 2.46. The van der Waals surface area contributed by atoms with Crippen molar-refractivity contribution in [3.05, 3.63) is 47.5 Å². The van der Waals surface area contributed by atoms with E-state index in [0.29, 0.717) is 36.0 Å². The lowest BCUT2D eigenvalue weighted by atomic mass is 9.92. The van der Waals surface area contributed by atoms with Gasteiger partial charge in [-0.2, -0.15) is 0 Å². The molecule has 2 fully saturated rings. The highest BCUT2D eigenvalue weighted by Crippen LogP contribution is 2.31. The van der Waals surface area contributed by atoms with Gasteiger partial charge in [0.05, 0.1) is 34.5 Å². The van der Waals surface area contributed by atoms with Crippen LogP contribution in [-0.4, -0.2) is 75.4 Å². The van der Waals surface area contributed by atoms with Crippen LogP contribution in [0.25, 0.3) is 0 Å². The largest absolute Gasteiger partial charge is 0.497 e. The molecular weight excluding hydrogens is 450 g/mol. The number of hydrogen-bond donors (Lipinski definition) is 1. The third-order valence-electron chi connectivity index (χ3n) is 6.67. The fourth-order valence-electron chi connectivity index (χ4n) is 4.84. The van der Waals surface area contributed by atoms with Gasteiger partial charge in [-0.05, 0) is 61.2 Å². The van der Waals surface area contributed by atoms with E-state index in [1.165, 1.54) is 4.90 Å². The Morgan fingerprint density at radius 1 is 0.886 bits per heavy atom. The minimum atomic E-state index is -0.417. The Bertz CT molecular complexity index is 1050. The van der Waals surface area contributed by atoms with Crippen molar-refractivity contribution in [3.8, 4) is 23.0 Å². The summed E-state index contributed by atoms with van der Waals surface area (Å²) >= 11 is 0. The SMILES string of the molecule is COc1cc(CN2C(=O)N(CCc3ccc(OC)c(OC)c3)C(=O)C3NCCCC32)cc(OC)c1. The van der Waals surface area contributed by atoms with Crippen molar-refractivity contribution in [2.24, 2.45) is 0 Å². The molecule has 0 aliphatic carbocycles. The summed E-state index contributed by atoms with van der Waals surface area (Å²) in [5.74, 6) is 2.39. The van der Waals surface area contributed by atoms with E-state index in [2.05, 4.69) is 5.32 Å². The Morgan fingerprint density at radius 2 is 1.60 bits per heavy atom. The molecule has 2 aromatic rings. The van der Waals surface area contributed by atoms with Crippen molar-refractivity contribution in [1.82, 2.24) is 15.1 Å². The number of benzene rings is 2. The normalized spacial score (nSPS) is 19.9. The highest BCUT2D eigenvalue weighted by atomic mass is 16.5. The molecule has 2 atom stereocenters. The zero-order valence-electron chi connectivity index (χ0n) is 20.7. The molecule has 2 saturated heterocycles. The molecule has 2 aliphatic heterocycles. The van der Waals surface area contributed by atoms with Gasteiger partial charge >= 0.3 is 6.03 Å². The van der Waals surface area contributed by atoms with Gasteiger partial charge in [0.25, 0.3) is 0 Å². The van der Waals surface area contributed by atoms with Gasteiger partial charge in [-0.25, -0.2) is 4.79 Å². The van der Waals surface area contributed by atoms with Crippen LogP contribution >= 0.6 is 0 Å². The van der Waals surface area contributed by atoms with Crippen molar-refractivity contribution in [2.45, 2.75) is 37.9 Å². The average Bonchev–Trinajstić information content (AvgIpc) is 2.90. The Labute approximate surface area is 205 Å². The molecule has 9 nitrogen and oxygen atoms in total. The van der Waals surface area contributed by atoms with E-state index in [-0.39, 0.29) is 24.5 Å². The minimum absolute atomic E-state index is 0.167. The lowest BCUT2D eigenvalue weighted by molar-refractivity contribution is -0.137. The molecule has 2 unspecified atom stereocenters. The van der Waals surface area contributed by atoms with E-state index in [9.17, 15) is 9.59 Å². The first-order valence-corrected chi connectivity index (χ1v) is 11.8. The predicted octanol–water partition coefficient (Wildman–Crippen LogP) is 2.85. The quantitative estimate of drug-likeness (QED) is 0.587. The van der Waals surface area contributed by atoms with Gasteiger partial charge in [0.15, 0.2) is 11.5 Å². The number of nitrogens with zero attached hydrogens (tertiary/aromatic N) is 2. The minimum Gasteiger partial charge on any atom is -0.497 e. The molecule has 3 amide bonds. The van der Waals surface area contributed by atoms with E-state index < -0.39 is 6.04 Å². The molecule has 0 spiro atoms. The number of urea groups is 1. The predicted molar refractivity (Wildman–Crippen MR) is 130 cm³/mol. The monoisotopic (exact) mass is 483 g/mol. The third kappa shape index (κ3) is 5.14. The Morgan fingerprint density at radius 3 is 2.26 bits per heavy atom. The number of amides is 3. The number of imide groups is 1. The Kier molecular flexibility index (Phi) is 7.65. The van der Waals surface area contributed by atoms with Crippen LogP contribution in [0.2, 0.25) is 0 Å². The van der Waals surface area contributed by atoms with Gasteiger partial charge in [-0.15, -0.1) is 0 Å². The molecule has 2 aliphatic rings. The topological polar surface area (TPSA) is 89.6 Å². The van der Waals surface area contributed by atoms with Crippen molar-refractivity contribution >= 4 is 11.9 Å². The molecule has 0 saturated carbocycles. The van der Waals surface area contributed by atoms with Gasteiger partial charge in [0, 0.05) is 19.2 Å². The van der Waals surface area contributed by atoms with E-state index in [1.807, 2.05) is 30.3 Å². The number of nitrogens with one attached hydrogen (secondary N) is 1. The fraction of sp³-hybridized carbons (Fsp3) is 0.462. The molecule has 1 N–H and O–H groups in total. The number of rotatable bonds is 9. The molecular formula is C26H33N3O6. The molecule has 0 radical (unpaired) electrons. The van der Waals surface area contributed by atoms with Crippen LogP contribution in [0.15, 0.2) is 36.4 Å². The molecule has 35 heavy (non-hydrogen) atoms. The van der Waals surface area contributed by atoms with Gasteiger partial charge in [-0.1, -0.05) is 6.07 Å². The zero-order valence-corrected chi connectivity index (χ0v) is 20.7. The molecule has 4 rings (SSSR count). The lowest BCUT2D eigenvalue weighted by Gasteiger charge is -2.47. The molecule has 0 bridgehead atoms. The van der Waals surface area contributed by atoms with Crippen LogP contribution in [-0.2, 0) is 17.8 Å². The summed E-state index contributed by atoms with van der Waals surface area (Å²) in [4.78, 5) is 30.2. The molecule has 2 aromatic carbocycles. The number of ether oxygens (including phenoxy) is 4. The highest BCUT2D eigenvalue weighted by molar-refractivity contribution is 6.00. The maximum Gasteiger partial charge on any atom is 0.327 e. The molecule has 188 valence electrons. The van der Waals surface area contributed by atoms with Crippen LogP contribution in [0.4, 0.5) is 4.79 Å². The summed E-state index contributed by atoms with van der Waals surface area (Å²) in [5, 5.41) is 3.34. The van der Waals surface area contributed by atoms with Gasteiger partial charge in [-0.3, -0.25) is 9.69 Å². The van der Waals surface area contributed by atoms with Crippen LogP contribution in [0.5, 0.6) is 23.0 Å². The number of fused-ring (bicyclic) bond motifs is 1. The smallest absolute Gasteiger partial charge is 0.327 e. The Balaban J connectivity index is 1.57. The second-order valence-corrected chi connectivity index (χ2v) is 8.70. The van der Waals surface area contributed by atoms with Crippen molar-refractivity contribution in [3.63, 3.8) is 0 Å². The van der Waals surface area contributed by atoms with Crippen molar-refractivity contribution in [1.29, 1.82) is 0 Å². The van der Waals surface area contributed by atoms with E-state index in [1.54, 1.807) is 39.4 Å². The fourth-order valence-corrected chi connectivity index (χ4v) is 4.84. The first-order chi connectivity index (χ1) is 17.0. The summed E-state index contributed by atoms with van der Waals surface area (Å²) in [6.45, 7) is 1.39. The summed E-state index contributed by atoms with van der Waals surface area (Å²) in [5.41, 5.74) is 1.83. The molecule has 9 heteroatoms. The first-order valence-electron chi connectivity index (χ1n) is 11.8. The number of methoxy groups -OCH3 is 4. The second kappa shape index (κ2) is 10.9. The van der Waals surface area contributed by atoms with Crippen LogP contribution < -0.4 is 24.3 Å². The number of piperidine rings is 1. The van der Waals surface area contributed by atoms with E-state index >= 15 is 0 Å². The number of hydrogen-bond acceptors (Lipinski definition) is 7. The van der Waals surface area contributed by atoms with E-state index in [4.69, 9.17) is 18.9 Å². The maximum absolute atomic E-state index is 13.6. The standard InChI is InChI=1S/C26H33N3O6/c1-32-19-12-18(13-20(15-19)33-2)16-29-21-6-5-10-27-24(21)25(30)28(26(29)31)11-9-17-7-8-22(34-3)23(14-17)35-4/h7-8,12-15,21,24,27H,5-6,9-11,16H2,1-4H3. The third-order valence-corrected chi connectivity index (χ3v) is 6.67. The first kappa shape index (κ1) is 24.7. The summed E-state index contributed by atoms with van der Waals surface area (Å²) in [6.07, 6.45) is 2.20. The molecule has 2 heterocycles.